The van der Waals surface area contributed by atoms with Crippen LogP contribution in [0.25, 0.3) is 0 Å². The van der Waals surface area contributed by atoms with Gasteiger partial charge in [0.1, 0.15) is 0 Å². The van der Waals surface area contributed by atoms with Crippen molar-refractivity contribution in [2.45, 2.75) is 6.42 Å². The summed E-state index contributed by atoms with van der Waals surface area (Å²) in [6.07, 6.45) is 0.917. The zero-order chi connectivity index (χ0) is 8.36. The van der Waals surface area contributed by atoms with E-state index in [1.54, 1.807) is 0 Å². The van der Waals surface area contributed by atoms with Crippen molar-refractivity contribution < 1.29 is 9.47 Å². The van der Waals surface area contributed by atoms with Gasteiger partial charge in [-0.15, -0.1) is 24.8 Å². The molecule has 4 nitrogen and oxygen atoms in total. The molecule has 0 aliphatic carbocycles. The summed E-state index contributed by atoms with van der Waals surface area (Å²) in [6.45, 7) is 3.89. The molecule has 0 amide bonds. The normalized spacial score (nSPS) is 8.77. The molecular formula is C7H20Cl2N2O2. The quantitative estimate of drug-likeness (QED) is 0.588. The van der Waals surface area contributed by atoms with E-state index < -0.39 is 0 Å². The van der Waals surface area contributed by atoms with Crippen molar-refractivity contribution in [2.75, 3.05) is 39.5 Å². The van der Waals surface area contributed by atoms with E-state index in [0.717, 1.165) is 19.6 Å². The van der Waals surface area contributed by atoms with Gasteiger partial charge in [-0.05, 0) is 6.42 Å². The molecule has 6 heteroatoms. The van der Waals surface area contributed by atoms with Crippen molar-refractivity contribution in [1.82, 2.24) is 0 Å². The highest BCUT2D eigenvalue weighted by atomic mass is 35.5. The van der Waals surface area contributed by atoms with E-state index >= 15 is 0 Å². The maximum atomic E-state index is 5.22. The smallest absolute Gasteiger partial charge is 0.0588 e. The first kappa shape index (κ1) is 19.1. The summed E-state index contributed by atoms with van der Waals surface area (Å²) >= 11 is 0. The average molecular weight is 235 g/mol. The lowest BCUT2D eigenvalue weighted by Gasteiger charge is -2.02. The minimum atomic E-state index is 0. The lowest BCUT2D eigenvalue weighted by Crippen LogP contribution is -2.12. The Morgan fingerprint density at radius 1 is 0.692 bits per heavy atom. The van der Waals surface area contributed by atoms with Crippen LogP contribution in [-0.4, -0.2) is 39.5 Å². The van der Waals surface area contributed by atoms with Gasteiger partial charge in [0.05, 0.1) is 13.2 Å². The Morgan fingerprint density at radius 3 is 1.38 bits per heavy atom. The van der Waals surface area contributed by atoms with Crippen LogP contribution < -0.4 is 11.5 Å². The summed E-state index contributed by atoms with van der Waals surface area (Å²) in [6, 6.07) is 0. The molecule has 0 aliphatic heterocycles. The number of nitrogens with two attached hydrogens (primary N) is 2. The summed E-state index contributed by atoms with van der Waals surface area (Å²) in [4.78, 5) is 0. The van der Waals surface area contributed by atoms with Crippen molar-refractivity contribution in [1.29, 1.82) is 0 Å². The maximum absolute atomic E-state index is 5.22. The van der Waals surface area contributed by atoms with Crippen LogP contribution in [0, 0.1) is 0 Å². The number of hydrogen-bond acceptors (Lipinski definition) is 4. The molecule has 0 unspecified atom stereocenters. The fourth-order valence-corrected chi connectivity index (χ4v) is 0.634. The van der Waals surface area contributed by atoms with E-state index in [1.165, 1.54) is 0 Å². The van der Waals surface area contributed by atoms with Crippen LogP contribution in [0.2, 0.25) is 0 Å². The summed E-state index contributed by atoms with van der Waals surface area (Å²) in [7, 11) is 0. The van der Waals surface area contributed by atoms with E-state index in [1.807, 2.05) is 0 Å². The zero-order valence-electron chi connectivity index (χ0n) is 7.74. The summed E-state index contributed by atoms with van der Waals surface area (Å²) in [5.41, 5.74) is 10.4. The van der Waals surface area contributed by atoms with Crippen molar-refractivity contribution in [3.8, 4) is 0 Å². The number of hydrogen-bond donors (Lipinski definition) is 2. The Balaban J connectivity index is -0.000000500. The Morgan fingerprint density at radius 2 is 1.08 bits per heavy atom. The second-order valence-electron chi connectivity index (χ2n) is 2.16. The standard InChI is InChI=1S/C7H18N2O2.2ClH/c8-2-6-10-4-1-5-11-7-3-9;;/h1-9H2;2*1H. The molecule has 0 saturated carbocycles. The van der Waals surface area contributed by atoms with Crippen molar-refractivity contribution in [3.63, 3.8) is 0 Å². The largest absolute Gasteiger partial charge is 0.380 e. The van der Waals surface area contributed by atoms with Crippen molar-refractivity contribution >= 4 is 24.8 Å². The first-order valence-electron chi connectivity index (χ1n) is 3.97. The average Bonchev–Trinajstić information content (AvgIpc) is 2.03. The fourth-order valence-electron chi connectivity index (χ4n) is 0.634. The molecule has 0 aromatic carbocycles. The molecule has 0 aromatic heterocycles. The number of rotatable bonds is 8. The van der Waals surface area contributed by atoms with Gasteiger partial charge in [-0.25, -0.2) is 0 Å². The predicted molar refractivity (Wildman–Crippen MR) is 58.9 cm³/mol. The molecular weight excluding hydrogens is 215 g/mol. The molecule has 4 N–H and O–H groups in total. The molecule has 0 aliphatic rings. The minimum absolute atomic E-state index is 0. The van der Waals surface area contributed by atoms with Gasteiger partial charge in [0.15, 0.2) is 0 Å². The minimum Gasteiger partial charge on any atom is -0.380 e. The third-order valence-electron chi connectivity index (χ3n) is 1.10. The van der Waals surface area contributed by atoms with Gasteiger partial charge in [-0.1, -0.05) is 0 Å². The molecule has 0 bridgehead atoms. The second-order valence-corrected chi connectivity index (χ2v) is 2.16. The van der Waals surface area contributed by atoms with Gasteiger partial charge < -0.3 is 20.9 Å². The maximum Gasteiger partial charge on any atom is 0.0588 e. The molecule has 0 saturated heterocycles. The highest BCUT2D eigenvalue weighted by molar-refractivity contribution is 5.85. The molecule has 0 spiro atoms. The number of ether oxygens (including phenoxy) is 2. The Hall–Kier alpha value is 0.420. The van der Waals surface area contributed by atoms with Gasteiger partial charge in [0.2, 0.25) is 0 Å². The summed E-state index contributed by atoms with van der Waals surface area (Å²) in [5.74, 6) is 0. The molecule has 0 aromatic rings. The van der Waals surface area contributed by atoms with Crippen LogP contribution in [0.5, 0.6) is 0 Å². The topological polar surface area (TPSA) is 70.5 Å². The Bertz CT molecular complexity index is 71.5. The molecule has 84 valence electrons. The van der Waals surface area contributed by atoms with Gasteiger partial charge in [-0.3, -0.25) is 0 Å². The van der Waals surface area contributed by atoms with Gasteiger partial charge in [-0.2, -0.15) is 0 Å². The first-order valence-corrected chi connectivity index (χ1v) is 3.97. The Kier molecular flexibility index (Phi) is 26.8. The molecule has 0 fully saturated rings. The van der Waals surface area contributed by atoms with Crippen LogP contribution in [0.3, 0.4) is 0 Å². The second kappa shape index (κ2) is 18.3. The van der Waals surface area contributed by atoms with E-state index in [9.17, 15) is 0 Å². The molecule has 0 heterocycles. The monoisotopic (exact) mass is 234 g/mol. The summed E-state index contributed by atoms with van der Waals surface area (Å²) < 4.78 is 10.3. The Labute approximate surface area is 92.1 Å². The fraction of sp³-hybridized carbons (Fsp3) is 1.00. The summed E-state index contributed by atoms with van der Waals surface area (Å²) in [5, 5.41) is 0. The van der Waals surface area contributed by atoms with Crippen LogP contribution >= 0.6 is 24.8 Å². The molecule has 0 radical (unpaired) electrons. The van der Waals surface area contributed by atoms with Crippen LogP contribution in [0.15, 0.2) is 0 Å². The molecule has 0 rings (SSSR count). The highest BCUT2D eigenvalue weighted by Crippen LogP contribution is 1.83. The van der Waals surface area contributed by atoms with Gasteiger partial charge in [0.25, 0.3) is 0 Å². The van der Waals surface area contributed by atoms with Crippen LogP contribution in [-0.2, 0) is 9.47 Å². The molecule has 13 heavy (non-hydrogen) atoms. The third kappa shape index (κ3) is 19.0. The van der Waals surface area contributed by atoms with Crippen molar-refractivity contribution in [3.05, 3.63) is 0 Å². The lowest BCUT2D eigenvalue weighted by atomic mass is 10.5. The lowest BCUT2D eigenvalue weighted by molar-refractivity contribution is 0.0890. The number of halogens is 2. The van der Waals surface area contributed by atoms with E-state index in [-0.39, 0.29) is 24.8 Å². The third-order valence-corrected chi connectivity index (χ3v) is 1.10. The van der Waals surface area contributed by atoms with E-state index in [4.69, 9.17) is 20.9 Å². The first-order chi connectivity index (χ1) is 5.41. The van der Waals surface area contributed by atoms with Crippen molar-refractivity contribution in [2.24, 2.45) is 11.5 Å². The van der Waals surface area contributed by atoms with Crippen LogP contribution in [0.1, 0.15) is 6.42 Å². The molecule has 0 atom stereocenters. The van der Waals surface area contributed by atoms with Crippen LogP contribution in [0.4, 0.5) is 0 Å². The van der Waals surface area contributed by atoms with E-state index in [2.05, 4.69) is 0 Å². The van der Waals surface area contributed by atoms with Gasteiger partial charge in [0, 0.05) is 26.3 Å². The SMILES string of the molecule is Cl.Cl.NCCOCCCOCCN. The van der Waals surface area contributed by atoms with Gasteiger partial charge >= 0.3 is 0 Å². The highest BCUT2D eigenvalue weighted by Gasteiger charge is 1.87. The zero-order valence-corrected chi connectivity index (χ0v) is 9.37. The van der Waals surface area contributed by atoms with E-state index in [0.29, 0.717) is 26.3 Å². The predicted octanol–water partition coefficient (Wildman–Crippen LogP) is 0.171.